The molecule has 6 heteroatoms. The van der Waals surface area contributed by atoms with Crippen LogP contribution in [0.25, 0.3) is 0 Å². The average Bonchev–Trinajstić information content (AvgIpc) is 3.10. The van der Waals surface area contributed by atoms with Gasteiger partial charge in [-0.1, -0.05) is 19.1 Å². The normalized spacial score (nSPS) is 31.4. The fourth-order valence-corrected chi connectivity index (χ4v) is 5.91. The number of carbonyl (C=O) groups is 2. The standard InChI is InChI=1S/C23H32N2O4/c1-16-19-5-3-6-21(26)25-14-4-12-23(19,25)13-11-20(16)29-22(27)24-15-17-7-9-18(28-2)10-8-17/h7-10,16,19-20H,3-6,11-15H2,1-2H3,(H,24,27)/t16-,19+,20+,23-/m1/s1. The summed E-state index contributed by atoms with van der Waals surface area (Å²) in [7, 11) is 1.63. The molecule has 158 valence electrons. The minimum absolute atomic E-state index is 0.00638. The number of benzene rings is 1. The van der Waals surface area contributed by atoms with E-state index in [1.165, 1.54) is 0 Å². The number of methoxy groups -OCH3 is 1. The van der Waals surface area contributed by atoms with Crippen LogP contribution in [0.5, 0.6) is 5.75 Å². The van der Waals surface area contributed by atoms with Gasteiger partial charge in [0.1, 0.15) is 11.9 Å². The number of nitrogens with one attached hydrogen (secondary N) is 1. The van der Waals surface area contributed by atoms with Crippen molar-refractivity contribution >= 4 is 12.0 Å². The number of ether oxygens (including phenoxy) is 2. The number of amides is 2. The Hall–Kier alpha value is -2.24. The van der Waals surface area contributed by atoms with Crippen LogP contribution >= 0.6 is 0 Å². The van der Waals surface area contributed by atoms with E-state index >= 15 is 0 Å². The van der Waals surface area contributed by atoms with E-state index < -0.39 is 0 Å². The molecule has 0 bridgehead atoms. The molecule has 2 aliphatic heterocycles. The summed E-state index contributed by atoms with van der Waals surface area (Å²) in [5.74, 6) is 1.81. The van der Waals surface area contributed by atoms with Crippen molar-refractivity contribution in [2.45, 2.75) is 70.1 Å². The Kier molecular flexibility index (Phi) is 5.70. The summed E-state index contributed by atoms with van der Waals surface area (Å²) < 4.78 is 11.0. The van der Waals surface area contributed by atoms with E-state index in [0.717, 1.165) is 56.4 Å². The van der Waals surface area contributed by atoms with Gasteiger partial charge in [-0.3, -0.25) is 4.79 Å². The van der Waals surface area contributed by atoms with Crippen LogP contribution in [-0.4, -0.2) is 42.2 Å². The molecule has 0 aromatic heterocycles. The minimum atomic E-state index is -0.360. The van der Waals surface area contributed by atoms with Gasteiger partial charge in [0.15, 0.2) is 0 Å². The lowest BCUT2D eigenvalue weighted by Crippen LogP contribution is -2.58. The zero-order valence-electron chi connectivity index (χ0n) is 17.5. The van der Waals surface area contributed by atoms with Crippen LogP contribution in [0.15, 0.2) is 24.3 Å². The zero-order chi connectivity index (χ0) is 20.4. The molecule has 1 N–H and O–H groups in total. The van der Waals surface area contributed by atoms with E-state index in [4.69, 9.17) is 9.47 Å². The molecule has 6 nitrogen and oxygen atoms in total. The first-order chi connectivity index (χ1) is 14.0. The highest BCUT2D eigenvalue weighted by Crippen LogP contribution is 2.52. The maximum absolute atomic E-state index is 12.6. The molecule has 2 saturated heterocycles. The predicted molar refractivity (Wildman–Crippen MR) is 110 cm³/mol. The van der Waals surface area contributed by atoms with Gasteiger partial charge < -0.3 is 19.7 Å². The van der Waals surface area contributed by atoms with Crippen LogP contribution < -0.4 is 10.1 Å². The van der Waals surface area contributed by atoms with E-state index in [9.17, 15) is 9.59 Å². The summed E-state index contributed by atoms with van der Waals surface area (Å²) in [6, 6.07) is 7.63. The number of hydrogen-bond acceptors (Lipinski definition) is 4. The predicted octanol–water partition coefficient (Wildman–Crippen LogP) is 3.88. The molecule has 3 aliphatic rings. The molecule has 1 aromatic rings. The molecule has 1 aromatic carbocycles. The summed E-state index contributed by atoms with van der Waals surface area (Å²) in [6.45, 7) is 3.54. The molecule has 1 aliphatic carbocycles. The molecule has 2 heterocycles. The fraction of sp³-hybridized carbons (Fsp3) is 0.652. The summed E-state index contributed by atoms with van der Waals surface area (Å²) >= 11 is 0. The van der Waals surface area contributed by atoms with Gasteiger partial charge in [0.05, 0.1) is 7.11 Å². The lowest BCUT2D eigenvalue weighted by atomic mass is 9.64. The van der Waals surface area contributed by atoms with Crippen molar-refractivity contribution in [2.24, 2.45) is 11.8 Å². The third kappa shape index (κ3) is 3.81. The lowest BCUT2D eigenvalue weighted by molar-refractivity contribution is -0.140. The van der Waals surface area contributed by atoms with Crippen molar-refractivity contribution in [2.75, 3.05) is 13.7 Å². The van der Waals surface area contributed by atoms with E-state index in [1.807, 2.05) is 24.3 Å². The molecule has 1 saturated carbocycles. The van der Waals surface area contributed by atoms with Crippen molar-refractivity contribution in [3.05, 3.63) is 29.8 Å². The van der Waals surface area contributed by atoms with Crippen molar-refractivity contribution < 1.29 is 19.1 Å². The Bertz CT molecular complexity index is 750. The highest BCUT2D eigenvalue weighted by Gasteiger charge is 2.55. The van der Waals surface area contributed by atoms with Crippen LogP contribution in [0.3, 0.4) is 0 Å². The van der Waals surface area contributed by atoms with E-state index in [2.05, 4.69) is 17.1 Å². The topological polar surface area (TPSA) is 67.9 Å². The first kappa shape index (κ1) is 20.0. The number of rotatable bonds is 4. The number of hydrogen-bond donors (Lipinski definition) is 1. The minimum Gasteiger partial charge on any atom is -0.497 e. The third-order valence-electron chi connectivity index (χ3n) is 7.36. The smallest absolute Gasteiger partial charge is 0.407 e. The van der Waals surface area contributed by atoms with Gasteiger partial charge in [-0.25, -0.2) is 4.79 Å². The van der Waals surface area contributed by atoms with Gasteiger partial charge in [0, 0.05) is 25.0 Å². The van der Waals surface area contributed by atoms with E-state index in [-0.39, 0.29) is 23.7 Å². The molecule has 4 rings (SSSR count). The SMILES string of the molecule is COc1ccc(CNC(=O)O[C@H]2CC[C@@]34CCCN3C(=O)CCC[C@H]4[C@H]2C)cc1. The van der Waals surface area contributed by atoms with Gasteiger partial charge in [0.25, 0.3) is 0 Å². The Morgan fingerprint density at radius 1 is 1.21 bits per heavy atom. The maximum Gasteiger partial charge on any atom is 0.407 e. The zero-order valence-corrected chi connectivity index (χ0v) is 17.5. The number of nitrogens with zero attached hydrogens (tertiary/aromatic N) is 1. The summed E-state index contributed by atoms with van der Waals surface area (Å²) in [5, 5.41) is 2.87. The van der Waals surface area contributed by atoms with Crippen molar-refractivity contribution in [1.82, 2.24) is 10.2 Å². The van der Waals surface area contributed by atoms with Crippen LogP contribution in [0.4, 0.5) is 4.79 Å². The molecule has 4 atom stereocenters. The molecule has 1 spiro atoms. The second-order valence-electron chi connectivity index (χ2n) is 8.79. The summed E-state index contributed by atoms with van der Waals surface area (Å²) in [5.41, 5.74) is 1.01. The highest BCUT2D eigenvalue weighted by atomic mass is 16.6. The lowest BCUT2D eigenvalue weighted by Gasteiger charge is -2.51. The Labute approximate surface area is 172 Å². The average molecular weight is 401 g/mol. The quantitative estimate of drug-likeness (QED) is 0.833. The molecular weight excluding hydrogens is 368 g/mol. The van der Waals surface area contributed by atoms with Crippen LogP contribution in [-0.2, 0) is 16.1 Å². The molecule has 0 radical (unpaired) electrons. The van der Waals surface area contributed by atoms with Crippen molar-refractivity contribution in [3.63, 3.8) is 0 Å². The van der Waals surface area contributed by atoms with Crippen LogP contribution in [0, 0.1) is 11.8 Å². The number of alkyl carbamates (subject to hydrolysis) is 1. The summed E-state index contributed by atoms with van der Waals surface area (Å²) in [6.07, 6.45) is 6.20. The second kappa shape index (κ2) is 8.25. The molecule has 3 fully saturated rings. The Balaban J connectivity index is 1.36. The van der Waals surface area contributed by atoms with Gasteiger partial charge in [-0.2, -0.15) is 0 Å². The van der Waals surface area contributed by atoms with Crippen molar-refractivity contribution in [1.29, 1.82) is 0 Å². The van der Waals surface area contributed by atoms with Crippen LogP contribution in [0.2, 0.25) is 0 Å². The fourth-order valence-electron chi connectivity index (χ4n) is 5.91. The first-order valence-electron chi connectivity index (χ1n) is 10.9. The first-order valence-corrected chi connectivity index (χ1v) is 10.9. The molecule has 0 unspecified atom stereocenters. The second-order valence-corrected chi connectivity index (χ2v) is 8.79. The van der Waals surface area contributed by atoms with E-state index in [0.29, 0.717) is 24.8 Å². The van der Waals surface area contributed by atoms with Crippen molar-refractivity contribution in [3.8, 4) is 5.75 Å². The molecular formula is C23H32N2O4. The largest absolute Gasteiger partial charge is 0.497 e. The van der Waals surface area contributed by atoms with Gasteiger partial charge >= 0.3 is 6.09 Å². The van der Waals surface area contributed by atoms with Crippen LogP contribution in [0.1, 0.15) is 57.4 Å². The number of carbonyl (C=O) groups excluding carboxylic acids is 2. The van der Waals surface area contributed by atoms with Gasteiger partial charge in [-0.15, -0.1) is 0 Å². The summed E-state index contributed by atoms with van der Waals surface area (Å²) in [4.78, 5) is 27.2. The third-order valence-corrected chi connectivity index (χ3v) is 7.36. The molecule has 2 amide bonds. The maximum atomic E-state index is 12.6. The van der Waals surface area contributed by atoms with E-state index in [1.54, 1.807) is 7.11 Å². The monoisotopic (exact) mass is 400 g/mol. The highest BCUT2D eigenvalue weighted by molar-refractivity contribution is 5.78. The Morgan fingerprint density at radius 2 is 2.00 bits per heavy atom. The van der Waals surface area contributed by atoms with Gasteiger partial charge in [0.2, 0.25) is 5.91 Å². The molecule has 29 heavy (non-hydrogen) atoms. The van der Waals surface area contributed by atoms with Gasteiger partial charge in [-0.05, 0) is 68.1 Å². The Morgan fingerprint density at radius 3 is 2.76 bits per heavy atom.